The molecule has 0 aliphatic heterocycles. The van der Waals surface area contributed by atoms with Crippen LogP contribution in [0.15, 0.2) is 42.6 Å². The van der Waals surface area contributed by atoms with Crippen LogP contribution in [0.2, 0.25) is 0 Å². The normalized spacial score (nSPS) is 10.6. The number of nitrogens with one attached hydrogen (secondary N) is 1. The topological polar surface area (TPSA) is 60.5 Å². The van der Waals surface area contributed by atoms with E-state index in [-0.39, 0.29) is 11.3 Å². The highest BCUT2D eigenvalue weighted by Gasteiger charge is 2.16. The molecule has 7 heteroatoms. The van der Waals surface area contributed by atoms with Crippen molar-refractivity contribution in [2.24, 2.45) is 0 Å². The fraction of sp³-hybridized carbons (Fsp3) is 0.111. The zero-order valence-corrected chi connectivity index (χ0v) is 13.5. The summed E-state index contributed by atoms with van der Waals surface area (Å²) in [6.07, 6.45) is 1.53. The number of nitrogens with zero attached hydrogens (tertiary/aromatic N) is 1. The maximum Gasteiger partial charge on any atom is 0.341 e. The highest BCUT2D eigenvalue weighted by atomic mass is 19.1. The summed E-state index contributed by atoms with van der Waals surface area (Å²) >= 11 is 0. The number of anilines is 2. The summed E-state index contributed by atoms with van der Waals surface area (Å²) in [5.74, 6) is -1.65. The average Bonchev–Trinajstić information content (AvgIpc) is 2.62. The summed E-state index contributed by atoms with van der Waals surface area (Å²) in [6.45, 7) is 0. The summed E-state index contributed by atoms with van der Waals surface area (Å²) in [4.78, 5) is 16.2. The first-order chi connectivity index (χ1) is 12.0. The third-order valence-corrected chi connectivity index (χ3v) is 3.67. The second kappa shape index (κ2) is 6.72. The molecule has 5 nitrogen and oxygen atoms in total. The van der Waals surface area contributed by atoms with E-state index in [9.17, 15) is 13.6 Å². The standard InChI is InChI=1S/C18H14F2N2O3/c1-24-17-9-16-11(8-12(17)18(23)25-2)14(5-6-21-16)22-15-4-3-10(19)7-13(15)20/h3-9H,1-2H3,(H,21,22). The van der Waals surface area contributed by atoms with Gasteiger partial charge in [0.15, 0.2) is 0 Å². The number of pyridine rings is 1. The molecule has 3 aromatic rings. The zero-order chi connectivity index (χ0) is 18.0. The minimum atomic E-state index is -0.730. The van der Waals surface area contributed by atoms with Gasteiger partial charge in [0.1, 0.15) is 22.9 Å². The molecule has 128 valence electrons. The molecule has 3 rings (SSSR count). The van der Waals surface area contributed by atoms with Crippen molar-refractivity contribution in [1.29, 1.82) is 0 Å². The maximum atomic E-state index is 13.9. The lowest BCUT2D eigenvalue weighted by molar-refractivity contribution is 0.0597. The summed E-state index contributed by atoms with van der Waals surface area (Å²) in [6, 6.07) is 8.00. The number of carbonyl (C=O) groups excluding carboxylic acids is 1. The van der Waals surface area contributed by atoms with Gasteiger partial charge in [0, 0.05) is 29.4 Å². The minimum absolute atomic E-state index is 0.101. The van der Waals surface area contributed by atoms with E-state index in [1.807, 2.05) is 0 Å². The number of rotatable bonds is 4. The van der Waals surface area contributed by atoms with Gasteiger partial charge in [-0.15, -0.1) is 0 Å². The molecular formula is C18H14F2N2O3. The number of fused-ring (bicyclic) bond motifs is 1. The Morgan fingerprint density at radius 2 is 1.88 bits per heavy atom. The average molecular weight is 344 g/mol. The Labute approximate surface area is 142 Å². The zero-order valence-electron chi connectivity index (χ0n) is 13.5. The van der Waals surface area contributed by atoms with Crippen molar-refractivity contribution in [3.05, 3.63) is 59.8 Å². The predicted octanol–water partition coefficient (Wildman–Crippen LogP) is 4.05. The highest BCUT2D eigenvalue weighted by Crippen LogP contribution is 2.32. The van der Waals surface area contributed by atoms with E-state index in [2.05, 4.69) is 10.3 Å². The van der Waals surface area contributed by atoms with Crippen LogP contribution in [0.5, 0.6) is 5.75 Å². The van der Waals surface area contributed by atoms with Crippen LogP contribution in [0, 0.1) is 11.6 Å². The maximum absolute atomic E-state index is 13.9. The summed E-state index contributed by atoms with van der Waals surface area (Å²) in [5.41, 5.74) is 1.36. The number of hydrogen-bond acceptors (Lipinski definition) is 5. The lowest BCUT2D eigenvalue weighted by atomic mass is 10.1. The fourth-order valence-electron chi connectivity index (χ4n) is 2.46. The number of benzene rings is 2. The van der Waals surface area contributed by atoms with E-state index in [1.165, 1.54) is 26.5 Å². The van der Waals surface area contributed by atoms with Crippen molar-refractivity contribution >= 4 is 28.2 Å². The molecule has 0 saturated carbocycles. The third-order valence-electron chi connectivity index (χ3n) is 3.67. The van der Waals surface area contributed by atoms with Crippen molar-refractivity contribution in [1.82, 2.24) is 4.98 Å². The van der Waals surface area contributed by atoms with Gasteiger partial charge in [0.2, 0.25) is 0 Å². The van der Waals surface area contributed by atoms with Gasteiger partial charge < -0.3 is 14.8 Å². The molecular weight excluding hydrogens is 330 g/mol. The van der Waals surface area contributed by atoms with E-state index in [0.29, 0.717) is 22.3 Å². The molecule has 25 heavy (non-hydrogen) atoms. The SMILES string of the molecule is COC(=O)c1cc2c(Nc3ccc(F)cc3F)ccnc2cc1OC. The Morgan fingerprint density at radius 3 is 2.56 bits per heavy atom. The molecule has 0 unspecified atom stereocenters. The van der Waals surface area contributed by atoms with Gasteiger partial charge >= 0.3 is 5.97 Å². The van der Waals surface area contributed by atoms with Crippen LogP contribution in [0.1, 0.15) is 10.4 Å². The monoisotopic (exact) mass is 344 g/mol. The van der Waals surface area contributed by atoms with Crippen molar-refractivity contribution in [2.45, 2.75) is 0 Å². The van der Waals surface area contributed by atoms with Crippen molar-refractivity contribution in [2.75, 3.05) is 19.5 Å². The van der Waals surface area contributed by atoms with E-state index in [1.54, 1.807) is 18.2 Å². The molecule has 0 bridgehead atoms. The van der Waals surface area contributed by atoms with Gasteiger partial charge in [-0.1, -0.05) is 0 Å². The quantitative estimate of drug-likeness (QED) is 0.724. The van der Waals surface area contributed by atoms with Crippen molar-refractivity contribution in [3.63, 3.8) is 0 Å². The summed E-state index contributed by atoms with van der Waals surface area (Å²) < 4.78 is 36.9. The Balaban J connectivity index is 2.13. The summed E-state index contributed by atoms with van der Waals surface area (Å²) in [7, 11) is 2.70. The lowest BCUT2D eigenvalue weighted by Gasteiger charge is -2.13. The lowest BCUT2D eigenvalue weighted by Crippen LogP contribution is -2.05. The van der Waals surface area contributed by atoms with E-state index in [0.717, 1.165) is 12.1 Å². The molecule has 0 saturated heterocycles. The molecule has 0 radical (unpaired) electrons. The molecule has 0 aliphatic carbocycles. The second-order valence-corrected chi connectivity index (χ2v) is 5.17. The van der Waals surface area contributed by atoms with Crippen LogP contribution < -0.4 is 10.1 Å². The molecule has 0 atom stereocenters. The molecule has 0 spiro atoms. The number of carbonyl (C=O) groups is 1. The Morgan fingerprint density at radius 1 is 1.08 bits per heavy atom. The molecule has 1 aromatic heterocycles. The van der Waals surface area contributed by atoms with Gasteiger partial charge in [0.05, 0.1) is 25.4 Å². The Bertz CT molecular complexity index is 960. The van der Waals surface area contributed by atoms with E-state index in [4.69, 9.17) is 9.47 Å². The van der Waals surface area contributed by atoms with Crippen molar-refractivity contribution in [3.8, 4) is 5.75 Å². The first-order valence-electron chi connectivity index (χ1n) is 7.30. The molecule has 0 fully saturated rings. The van der Waals surface area contributed by atoms with E-state index < -0.39 is 17.6 Å². The molecule has 0 aliphatic rings. The van der Waals surface area contributed by atoms with Gasteiger partial charge in [-0.25, -0.2) is 13.6 Å². The number of halogens is 2. The molecule has 1 N–H and O–H groups in total. The number of aromatic nitrogens is 1. The largest absolute Gasteiger partial charge is 0.496 e. The van der Waals surface area contributed by atoms with Gasteiger partial charge in [-0.3, -0.25) is 4.98 Å². The smallest absolute Gasteiger partial charge is 0.341 e. The first-order valence-corrected chi connectivity index (χ1v) is 7.30. The van der Waals surface area contributed by atoms with Crippen LogP contribution in [0.4, 0.5) is 20.2 Å². The van der Waals surface area contributed by atoms with E-state index >= 15 is 0 Å². The number of ether oxygens (including phenoxy) is 2. The number of hydrogen-bond donors (Lipinski definition) is 1. The Kier molecular flexibility index (Phi) is 4.47. The van der Waals surface area contributed by atoms with Crippen LogP contribution in [-0.4, -0.2) is 25.2 Å². The molecule has 0 amide bonds. The molecule has 2 aromatic carbocycles. The second-order valence-electron chi connectivity index (χ2n) is 5.17. The molecule has 1 heterocycles. The van der Waals surface area contributed by atoms with Gasteiger partial charge in [0.25, 0.3) is 0 Å². The van der Waals surface area contributed by atoms with Crippen LogP contribution in [0.25, 0.3) is 10.9 Å². The van der Waals surface area contributed by atoms with Gasteiger partial charge in [-0.05, 0) is 24.3 Å². The van der Waals surface area contributed by atoms with Gasteiger partial charge in [-0.2, -0.15) is 0 Å². The van der Waals surface area contributed by atoms with Crippen LogP contribution in [0.3, 0.4) is 0 Å². The number of esters is 1. The minimum Gasteiger partial charge on any atom is -0.496 e. The Hall–Kier alpha value is -3.22. The highest BCUT2D eigenvalue weighted by molar-refractivity contribution is 6.02. The van der Waals surface area contributed by atoms with Crippen molar-refractivity contribution < 1.29 is 23.0 Å². The number of methoxy groups -OCH3 is 2. The predicted molar refractivity (Wildman–Crippen MR) is 89.3 cm³/mol. The first kappa shape index (κ1) is 16.6. The van der Waals surface area contributed by atoms with Crippen LogP contribution >= 0.6 is 0 Å². The fourth-order valence-corrected chi connectivity index (χ4v) is 2.46. The third kappa shape index (κ3) is 3.21. The van der Waals surface area contributed by atoms with Crippen LogP contribution in [-0.2, 0) is 4.74 Å². The summed E-state index contributed by atoms with van der Waals surface area (Å²) in [5, 5.41) is 3.45.